The number of aryl methyl sites for hydroxylation is 1. The van der Waals surface area contributed by atoms with Crippen molar-refractivity contribution in [3.63, 3.8) is 0 Å². The third-order valence-electron chi connectivity index (χ3n) is 5.19. The summed E-state index contributed by atoms with van der Waals surface area (Å²) in [6.07, 6.45) is 0. The van der Waals surface area contributed by atoms with Crippen molar-refractivity contribution >= 4 is 17.7 Å². The Kier molecular flexibility index (Phi) is 7.15. The molecule has 0 atom stereocenters. The first-order valence-corrected chi connectivity index (χ1v) is 10.7. The minimum absolute atomic E-state index is 0.150. The van der Waals surface area contributed by atoms with Gasteiger partial charge in [-0.1, -0.05) is 12.1 Å². The van der Waals surface area contributed by atoms with Gasteiger partial charge in [0.25, 0.3) is 5.91 Å². The number of anilines is 1. The number of benzene rings is 3. The number of carbonyl (C=O) groups excluding carboxylic acids is 1. The summed E-state index contributed by atoms with van der Waals surface area (Å²) in [7, 11) is 1.58. The first kappa shape index (κ1) is 23.6. The second kappa shape index (κ2) is 10.6. The number of aliphatic imine (C=N–C) groups is 1. The summed E-state index contributed by atoms with van der Waals surface area (Å²) >= 11 is 0. The Bertz CT molecular complexity index is 1370. The Morgan fingerprint density at radius 1 is 1.06 bits per heavy atom. The van der Waals surface area contributed by atoms with Crippen LogP contribution in [0.4, 0.5) is 14.6 Å². The van der Waals surface area contributed by atoms with E-state index in [1.54, 1.807) is 32.2 Å². The fourth-order valence-electron chi connectivity index (χ4n) is 3.30. The van der Waals surface area contributed by atoms with Crippen molar-refractivity contribution in [3.8, 4) is 17.0 Å². The van der Waals surface area contributed by atoms with Crippen LogP contribution in [0.15, 0.2) is 77.8 Å². The lowest BCUT2D eigenvalue weighted by Gasteiger charge is -2.11. The predicted octanol–water partition coefficient (Wildman–Crippen LogP) is 5.07. The van der Waals surface area contributed by atoms with Crippen LogP contribution in [-0.4, -0.2) is 29.2 Å². The van der Waals surface area contributed by atoms with Crippen LogP contribution in [-0.2, 0) is 6.54 Å². The number of amides is 1. The number of nitrogens with zero attached hydrogens (tertiary/aromatic N) is 2. The van der Waals surface area contributed by atoms with Gasteiger partial charge in [-0.05, 0) is 78.2 Å². The summed E-state index contributed by atoms with van der Waals surface area (Å²) in [6, 6.07) is 19.2. The highest BCUT2D eigenvalue weighted by atomic mass is 19.1. The highest BCUT2D eigenvalue weighted by Crippen LogP contribution is 2.20. The number of ether oxygens (including phenoxy) is 1. The topological polar surface area (TPSA) is 91.4 Å². The zero-order valence-corrected chi connectivity index (χ0v) is 19.1. The van der Waals surface area contributed by atoms with Gasteiger partial charge in [-0.3, -0.25) is 15.2 Å². The van der Waals surface area contributed by atoms with E-state index in [4.69, 9.17) is 4.74 Å². The number of carbonyl (C=O) groups is 1. The van der Waals surface area contributed by atoms with Crippen molar-refractivity contribution in [3.05, 3.63) is 101 Å². The summed E-state index contributed by atoms with van der Waals surface area (Å²) in [4.78, 5) is 17.3. The molecular weight excluding hydrogens is 452 g/mol. The van der Waals surface area contributed by atoms with E-state index in [9.17, 15) is 13.6 Å². The van der Waals surface area contributed by atoms with Crippen molar-refractivity contribution in [1.29, 1.82) is 0 Å². The maximum atomic E-state index is 13.6. The molecule has 0 radical (unpaired) electrons. The second-order valence-corrected chi connectivity index (χ2v) is 7.73. The molecule has 1 aromatic heterocycles. The average molecular weight is 475 g/mol. The number of hydrogen-bond donors (Lipinski definition) is 3. The summed E-state index contributed by atoms with van der Waals surface area (Å²) < 4.78 is 32.1. The van der Waals surface area contributed by atoms with Gasteiger partial charge in [-0.15, -0.1) is 0 Å². The predicted molar refractivity (Wildman–Crippen MR) is 130 cm³/mol. The van der Waals surface area contributed by atoms with E-state index < -0.39 is 11.7 Å². The van der Waals surface area contributed by atoms with E-state index in [0.717, 1.165) is 11.1 Å². The molecule has 0 spiro atoms. The van der Waals surface area contributed by atoms with Crippen LogP contribution in [0.25, 0.3) is 11.3 Å². The Morgan fingerprint density at radius 3 is 2.60 bits per heavy atom. The van der Waals surface area contributed by atoms with E-state index in [2.05, 4.69) is 25.8 Å². The Morgan fingerprint density at radius 2 is 1.86 bits per heavy atom. The number of H-pyrrole nitrogens is 1. The van der Waals surface area contributed by atoms with E-state index in [1.165, 1.54) is 30.3 Å². The molecule has 1 amide bonds. The molecule has 0 fully saturated rings. The van der Waals surface area contributed by atoms with Gasteiger partial charge in [0.2, 0.25) is 5.96 Å². The van der Waals surface area contributed by atoms with Crippen molar-refractivity contribution in [2.75, 3.05) is 12.4 Å². The van der Waals surface area contributed by atoms with Gasteiger partial charge < -0.3 is 10.1 Å². The quantitative estimate of drug-likeness (QED) is 0.268. The number of hydrogen-bond acceptors (Lipinski definition) is 4. The smallest absolute Gasteiger partial charge is 0.257 e. The standard InChI is InChI=1S/C26H23F2N5O2/c1-16-12-19(8-11-22(16)28)25(34)31-26(29-15-17-4-3-5-21(13-17)35-2)30-24-14-23(32-33-24)18-6-9-20(27)10-7-18/h3-14H,15H2,1-2H3,(H3,29,30,31,32,33,34). The summed E-state index contributed by atoms with van der Waals surface area (Å²) in [5.41, 5.74) is 2.91. The van der Waals surface area contributed by atoms with Gasteiger partial charge in [-0.25, -0.2) is 13.8 Å². The monoisotopic (exact) mass is 475 g/mol. The van der Waals surface area contributed by atoms with Crippen molar-refractivity contribution in [1.82, 2.24) is 15.5 Å². The lowest BCUT2D eigenvalue weighted by Crippen LogP contribution is -2.36. The summed E-state index contributed by atoms with van der Waals surface area (Å²) in [5, 5.41) is 12.8. The van der Waals surface area contributed by atoms with Crippen LogP contribution in [0, 0.1) is 18.6 Å². The van der Waals surface area contributed by atoms with Gasteiger partial charge >= 0.3 is 0 Å². The molecule has 0 aliphatic heterocycles. The third-order valence-corrected chi connectivity index (χ3v) is 5.19. The third kappa shape index (κ3) is 6.08. The van der Waals surface area contributed by atoms with Gasteiger partial charge in [0.05, 0.1) is 19.3 Å². The molecule has 0 saturated carbocycles. The highest BCUT2D eigenvalue weighted by Gasteiger charge is 2.13. The number of rotatable bonds is 6. The molecule has 0 saturated heterocycles. The number of aromatic amines is 1. The highest BCUT2D eigenvalue weighted by molar-refractivity contribution is 6.09. The summed E-state index contributed by atoms with van der Waals surface area (Å²) in [6.45, 7) is 1.83. The first-order chi connectivity index (χ1) is 16.9. The molecule has 178 valence electrons. The number of halogens is 2. The number of guanidine groups is 1. The van der Waals surface area contributed by atoms with Gasteiger partial charge in [0.1, 0.15) is 17.4 Å². The van der Waals surface area contributed by atoms with Crippen LogP contribution < -0.4 is 15.4 Å². The maximum absolute atomic E-state index is 13.6. The molecule has 7 nitrogen and oxygen atoms in total. The van der Waals surface area contributed by atoms with Crippen LogP contribution in [0.2, 0.25) is 0 Å². The van der Waals surface area contributed by atoms with E-state index >= 15 is 0 Å². The van der Waals surface area contributed by atoms with Gasteiger partial charge in [0, 0.05) is 11.6 Å². The molecule has 35 heavy (non-hydrogen) atoms. The van der Waals surface area contributed by atoms with E-state index in [-0.39, 0.29) is 23.9 Å². The molecule has 4 aromatic rings. The normalized spacial score (nSPS) is 11.3. The lowest BCUT2D eigenvalue weighted by molar-refractivity contribution is 0.0976. The largest absolute Gasteiger partial charge is 0.497 e. The number of methoxy groups -OCH3 is 1. The molecule has 0 aliphatic carbocycles. The van der Waals surface area contributed by atoms with Crippen molar-refractivity contribution in [2.24, 2.45) is 4.99 Å². The van der Waals surface area contributed by atoms with Gasteiger partial charge in [0.15, 0.2) is 5.82 Å². The second-order valence-electron chi connectivity index (χ2n) is 7.73. The van der Waals surface area contributed by atoms with E-state index in [0.29, 0.717) is 22.8 Å². The molecule has 3 N–H and O–H groups in total. The van der Waals surface area contributed by atoms with Crippen LogP contribution in [0.5, 0.6) is 5.75 Å². The van der Waals surface area contributed by atoms with Crippen LogP contribution in [0.3, 0.4) is 0 Å². The fraction of sp³-hybridized carbons (Fsp3) is 0.115. The van der Waals surface area contributed by atoms with Crippen LogP contribution in [0.1, 0.15) is 21.5 Å². The fourth-order valence-corrected chi connectivity index (χ4v) is 3.30. The molecule has 4 rings (SSSR count). The molecular formula is C26H23F2N5O2. The summed E-state index contributed by atoms with van der Waals surface area (Å²) in [5.74, 6) is 0.0450. The zero-order chi connectivity index (χ0) is 24.8. The lowest BCUT2D eigenvalue weighted by atomic mass is 10.1. The number of aromatic nitrogens is 2. The molecule has 0 aliphatic rings. The Balaban J connectivity index is 1.57. The Labute approximate surface area is 200 Å². The first-order valence-electron chi connectivity index (χ1n) is 10.7. The SMILES string of the molecule is COc1cccc(CN=C(NC(=O)c2ccc(F)c(C)c2)Nc2cc(-c3ccc(F)cc3)[nH]n2)c1. The number of nitrogens with one attached hydrogen (secondary N) is 3. The maximum Gasteiger partial charge on any atom is 0.257 e. The Hall–Kier alpha value is -4.53. The molecule has 0 unspecified atom stereocenters. The van der Waals surface area contributed by atoms with Gasteiger partial charge in [-0.2, -0.15) is 5.10 Å². The minimum Gasteiger partial charge on any atom is -0.497 e. The van der Waals surface area contributed by atoms with Crippen molar-refractivity contribution in [2.45, 2.75) is 13.5 Å². The molecule has 3 aromatic carbocycles. The van der Waals surface area contributed by atoms with E-state index in [1.807, 2.05) is 24.3 Å². The zero-order valence-electron chi connectivity index (χ0n) is 19.1. The molecule has 1 heterocycles. The average Bonchev–Trinajstić information content (AvgIpc) is 3.33. The van der Waals surface area contributed by atoms with Crippen LogP contribution >= 0.6 is 0 Å². The molecule has 9 heteroatoms. The minimum atomic E-state index is -0.459. The van der Waals surface area contributed by atoms with Crippen molar-refractivity contribution < 1.29 is 18.3 Å². The molecule has 0 bridgehead atoms.